The predicted molar refractivity (Wildman–Crippen MR) is 112 cm³/mol. The van der Waals surface area contributed by atoms with Crippen LogP contribution in [0.5, 0.6) is 0 Å². The normalized spacial score (nSPS) is 13.0. The van der Waals surface area contributed by atoms with Gasteiger partial charge in [-0.1, -0.05) is 36.4 Å². The van der Waals surface area contributed by atoms with Crippen molar-refractivity contribution in [1.82, 2.24) is 9.88 Å². The zero-order chi connectivity index (χ0) is 20.9. The molecule has 0 fully saturated rings. The molecule has 2 amide bonds. The van der Waals surface area contributed by atoms with Gasteiger partial charge in [-0.3, -0.25) is 24.3 Å². The molecule has 6 nitrogen and oxygen atoms in total. The van der Waals surface area contributed by atoms with Crippen molar-refractivity contribution in [2.24, 2.45) is 0 Å². The minimum absolute atomic E-state index is 0.254. The van der Waals surface area contributed by atoms with Gasteiger partial charge in [-0.05, 0) is 37.1 Å². The number of hydrogen-bond acceptors (Lipinski definition) is 5. The largest absolute Gasteiger partial charge is 0.466 e. The number of aryl methyl sites for hydroxylation is 1. The van der Waals surface area contributed by atoms with Gasteiger partial charge in [-0.25, -0.2) is 0 Å². The Kier molecular flexibility index (Phi) is 5.84. The summed E-state index contributed by atoms with van der Waals surface area (Å²) in [5, 5.41) is 1.07. The topological polar surface area (TPSA) is 76.6 Å². The van der Waals surface area contributed by atoms with Crippen LogP contribution in [0.2, 0.25) is 0 Å². The van der Waals surface area contributed by atoms with Crippen molar-refractivity contribution in [3.05, 3.63) is 77.5 Å². The van der Waals surface area contributed by atoms with Crippen LogP contribution in [-0.2, 0) is 16.0 Å². The fourth-order valence-corrected chi connectivity index (χ4v) is 3.55. The third-order valence-corrected chi connectivity index (χ3v) is 5.16. The van der Waals surface area contributed by atoms with Crippen molar-refractivity contribution < 1.29 is 19.1 Å². The molecule has 1 aliphatic heterocycles. The lowest BCUT2D eigenvalue weighted by Gasteiger charge is -2.13. The van der Waals surface area contributed by atoms with Gasteiger partial charge in [-0.2, -0.15) is 0 Å². The molecule has 0 saturated carbocycles. The quantitative estimate of drug-likeness (QED) is 0.326. The number of carbonyl (C=O) groups is 3. The second kappa shape index (κ2) is 8.86. The molecule has 0 radical (unpaired) electrons. The second-order valence-electron chi connectivity index (χ2n) is 7.23. The van der Waals surface area contributed by atoms with Gasteiger partial charge in [0.25, 0.3) is 11.8 Å². The minimum atomic E-state index is -0.273. The molecule has 1 aromatic heterocycles. The molecule has 0 unspecified atom stereocenters. The molecule has 0 saturated heterocycles. The van der Waals surface area contributed by atoms with Gasteiger partial charge >= 0.3 is 5.97 Å². The molecule has 0 aliphatic carbocycles. The standard InChI is InChI=1S/C24H22N2O4/c27-22(14-13-18-12-11-17-7-1-4-10-21(17)25-18)30-16-6-5-15-26-23(28)19-8-2-3-9-20(19)24(26)29/h1-4,7-12H,5-6,13-16H2. The Morgan fingerprint density at radius 1 is 0.867 bits per heavy atom. The van der Waals surface area contributed by atoms with Crippen LogP contribution in [0.25, 0.3) is 10.9 Å². The maximum atomic E-state index is 12.3. The van der Waals surface area contributed by atoms with Gasteiger partial charge in [0.15, 0.2) is 0 Å². The van der Waals surface area contributed by atoms with Crippen molar-refractivity contribution in [2.75, 3.05) is 13.2 Å². The van der Waals surface area contributed by atoms with E-state index in [0.717, 1.165) is 16.6 Å². The molecule has 3 aromatic rings. The first-order chi connectivity index (χ1) is 14.6. The number of imide groups is 1. The molecule has 4 rings (SSSR count). The number of benzene rings is 2. The lowest BCUT2D eigenvalue weighted by Crippen LogP contribution is -2.30. The van der Waals surface area contributed by atoms with Crippen molar-refractivity contribution in [3.8, 4) is 0 Å². The first-order valence-electron chi connectivity index (χ1n) is 10.1. The summed E-state index contributed by atoms with van der Waals surface area (Å²) in [7, 11) is 0. The van der Waals surface area contributed by atoms with Gasteiger partial charge in [-0.15, -0.1) is 0 Å². The predicted octanol–water partition coefficient (Wildman–Crippen LogP) is 3.79. The van der Waals surface area contributed by atoms with Gasteiger partial charge in [0, 0.05) is 24.0 Å². The Morgan fingerprint density at radius 2 is 1.57 bits per heavy atom. The lowest BCUT2D eigenvalue weighted by atomic mass is 10.1. The van der Waals surface area contributed by atoms with E-state index < -0.39 is 0 Å². The van der Waals surface area contributed by atoms with Crippen molar-refractivity contribution in [3.63, 3.8) is 0 Å². The Labute approximate surface area is 174 Å². The maximum Gasteiger partial charge on any atom is 0.306 e. The number of hydrogen-bond donors (Lipinski definition) is 0. The molecular formula is C24H22N2O4. The lowest BCUT2D eigenvalue weighted by molar-refractivity contribution is -0.143. The van der Waals surface area contributed by atoms with Gasteiger partial charge in [0.2, 0.25) is 0 Å². The molecule has 0 spiro atoms. The number of amides is 2. The molecule has 30 heavy (non-hydrogen) atoms. The maximum absolute atomic E-state index is 12.3. The van der Waals surface area contributed by atoms with E-state index in [9.17, 15) is 14.4 Å². The number of pyridine rings is 1. The summed E-state index contributed by atoms with van der Waals surface area (Å²) in [6, 6.07) is 18.6. The highest BCUT2D eigenvalue weighted by Gasteiger charge is 2.34. The van der Waals surface area contributed by atoms with Crippen molar-refractivity contribution in [2.45, 2.75) is 25.7 Å². The average Bonchev–Trinajstić information content (AvgIpc) is 3.02. The minimum Gasteiger partial charge on any atom is -0.466 e. The number of ether oxygens (including phenoxy) is 1. The van der Waals surface area contributed by atoms with E-state index in [-0.39, 0.29) is 30.8 Å². The van der Waals surface area contributed by atoms with Crippen LogP contribution in [0.3, 0.4) is 0 Å². The summed E-state index contributed by atoms with van der Waals surface area (Å²) in [5.74, 6) is -0.781. The van der Waals surface area contributed by atoms with Gasteiger partial charge in [0.05, 0.1) is 29.7 Å². The van der Waals surface area contributed by atoms with Crippen LogP contribution < -0.4 is 0 Å². The number of nitrogens with zero attached hydrogens (tertiary/aromatic N) is 2. The molecule has 0 atom stereocenters. The molecule has 0 bridgehead atoms. The number of carbonyl (C=O) groups excluding carboxylic acids is 3. The van der Waals surface area contributed by atoms with E-state index in [1.54, 1.807) is 24.3 Å². The number of aromatic nitrogens is 1. The molecule has 1 aliphatic rings. The summed E-state index contributed by atoms with van der Waals surface area (Å²) in [6.45, 7) is 0.595. The van der Waals surface area contributed by atoms with Crippen molar-refractivity contribution in [1.29, 1.82) is 0 Å². The third kappa shape index (κ3) is 4.22. The highest BCUT2D eigenvalue weighted by Crippen LogP contribution is 2.22. The monoisotopic (exact) mass is 402 g/mol. The van der Waals surface area contributed by atoms with E-state index in [1.165, 1.54) is 4.90 Å². The second-order valence-corrected chi connectivity index (χ2v) is 7.23. The summed E-state index contributed by atoms with van der Waals surface area (Å²) in [5.41, 5.74) is 2.68. The zero-order valence-electron chi connectivity index (χ0n) is 16.5. The summed E-state index contributed by atoms with van der Waals surface area (Å²) < 4.78 is 5.28. The van der Waals surface area contributed by atoms with Crippen LogP contribution in [-0.4, -0.2) is 40.8 Å². The van der Waals surface area contributed by atoms with E-state index in [2.05, 4.69) is 4.98 Å². The van der Waals surface area contributed by atoms with Crippen LogP contribution in [0.1, 0.15) is 45.7 Å². The van der Waals surface area contributed by atoms with E-state index in [1.807, 2.05) is 36.4 Å². The van der Waals surface area contributed by atoms with Crippen LogP contribution in [0, 0.1) is 0 Å². The fourth-order valence-electron chi connectivity index (χ4n) is 3.55. The van der Waals surface area contributed by atoms with Gasteiger partial charge < -0.3 is 4.74 Å². The zero-order valence-corrected chi connectivity index (χ0v) is 16.5. The SMILES string of the molecule is O=C(CCc1ccc2ccccc2n1)OCCCCN1C(=O)c2ccccc2C1=O. The summed E-state index contributed by atoms with van der Waals surface area (Å²) >= 11 is 0. The number of para-hydroxylation sites is 1. The summed E-state index contributed by atoms with van der Waals surface area (Å²) in [4.78, 5) is 42.4. The van der Waals surface area contributed by atoms with Crippen LogP contribution >= 0.6 is 0 Å². The first kappa shape index (κ1) is 19.8. The number of fused-ring (bicyclic) bond motifs is 2. The Morgan fingerprint density at radius 3 is 2.33 bits per heavy atom. The number of rotatable bonds is 8. The summed E-state index contributed by atoms with van der Waals surface area (Å²) in [6.07, 6.45) is 1.97. The fraction of sp³-hybridized carbons (Fsp3) is 0.250. The van der Waals surface area contributed by atoms with Crippen LogP contribution in [0.4, 0.5) is 0 Å². The van der Waals surface area contributed by atoms with Crippen molar-refractivity contribution >= 4 is 28.7 Å². The molecular weight excluding hydrogens is 380 g/mol. The molecule has 0 N–H and O–H groups in total. The third-order valence-electron chi connectivity index (χ3n) is 5.16. The number of esters is 1. The average molecular weight is 402 g/mol. The highest BCUT2D eigenvalue weighted by molar-refractivity contribution is 6.21. The molecule has 152 valence electrons. The highest BCUT2D eigenvalue weighted by atomic mass is 16.5. The molecule has 2 aromatic carbocycles. The van der Waals surface area contributed by atoms with E-state index >= 15 is 0 Å². The van der Waals surface area contributed by atoms with E-state index in [4.69, 9.17) is 4.74 Å². The van der Waals surface area contributed by atoms with E-state index in [0.29, 0.717) is 36.9 Å². The Bertz CT molecular complexity index is 1070. The van der Waals surface area contributed by atoms with Gasteiger partial charge in [0.1, 0.15) is 0 Å². The Hall–Kier alpha value is -3.54. The molecule has 6 heteroatoms. The smallest absolute Gasteiger partial charge is 0.306 e. The van der Waals surface area contributed by atoms with Crippen LogP contribution in [0.15, 0.2) is 60.7 Å². The molecule has 2 heterocycles. The first-order valence-corrected chi connectivity index (χ1v) is 10.1. The number of unbranched alkanes of at least 4 members (excludes halogenated alkanes) is 1. The Balaban J connectivity index is 1.17.